The molecule has 1 aromatic carbocycles. The lowest BCUT2D eigenvalue weighted by Crippen LogP contribution is -2.52. The third-order valence-corrected chi connectivity index (χ3v) is 4.55. The molecule has 0 radical (unpaired) electrons. The highest BCUT2D eigenvalue weighted by Crippen LogP contribution is 2.49. The number of carbonyl (C=O) groups is 1. The molecule has 0 aliphatic carbocycles. The Morgan fingerprint density at radius 2 is 2.00 bits per heavy atom. The normalized spacial score (nSPS) is 26.5. The van der Waals surface area contributed by atoms with Crippen LogP contribution in [0, 0.1) is 17.6 Å². The Bertz CT molecular complexity index is 676. The lowest BCUT2D eigenvalue weighted by atomic mass is 9.75. The van der Waals surface area contributed by atoms with Gasteiger partial charge in [0.05, 0.1) is 26.2 Å². The van der Waals surface area contributed by atoms with Crippen molar-refractivity contribution in [2.75, 3.05) is 20.3 Å². The van der Waals surface area contributed by atoms with Gasteiger partial charge in [-0.3, -0.25) is 4.79 Å². The van der Waals surface area contributed by atoms with Crippen LogP contribution in [0.2, 0.25) is 0 Å². The van der Waals surface area contributed by atoms with Gasteiger partial charge in [-0.25, -0.2) is 4.39 Å². The molecule has 146 valence electrons. The van der Waals surface area contributed by atoms with Gasteiger partial charge in [-0.2, -0.15) is 17.6 Å². The van der Waals surface area contributed by atoms with Gasteiger partial charge in [-0.15, -0.1) is 0 Å². The first-order valence-electron chi connectivity index (χ1n) is 7.95. The topological polar surface area (TPSA) is 44.8 Å². The molecule has 2 rings (SSSR count). The van der Waals surface area contributed by atoms with E-state index in [9.17, 15) is 26.7 Å². The van der Waals surface area contributed by atoms with Gasteiger partial charge in [0.25, 0.3) is 0 Å². The van der Waals surface area contributed by atoms with Crippen LogP contribution in [0.1, 0.15) is 31.7 Å². The van der Waals surface area contributed by atoms with Gasteiger partial charge in [-0.1, -0.05) is 6.07 Å². The molecule has 1 fully saturated rings. The number of ether oxygens (including phenoxy) is 3. The van der Waals surface area contributed by atoms with Gasteiger partial charge < -0.3 is 14.2 Å². The highest BCUT2D eigenvalue weighted by Gasteiger charge is 2.58. The van der Waals surface area contributed by atoms with E-state index < -0.39 is 60.0 Å². The van der Waals surface area contributed by atoms with E-state index in [2.05, 4.69) is 0 Å². The van der Waals surface area contributed by atoms with Crippen molar-refractivity contribution in [3.63, 3.8) is 0 Å². The fourth-order valence-corrected chi connectivity index (χ4v) is 3.06. The number of methoxy groups -OCH3 is 1. The van der Waals surface area contributed by atoms with Crippen molar-refractivity contribution in [3.8, 4) is 5.75 Å². The number of halogens is 5. The van der Waals surface area contributed by atoms with Crippen LogP contribution < -0.4 is 4.74 Å². The minimum absolute atomic E-state index is 0.0213. The van der Waals surface area contributed by atoms with Gasteiger partial charge in [0.2, 0.25) is 5.82 Å². The Kier molecular flexibility index (Phi) is 5.79. The summed E-state index contributed by atoms with van der Waals surface area (Å²) in [6.45, 7) is 1.86. The summed E-state index contributed by atoms with van der Waals surface area (Å²) in [5, 5.41) is 0. The predicted octanol–water partition coefficient (Wildman–Crippen LogP) is 3.98. The first-order valence-corrected chi connectivity index (χ1v) is 7.95. The Balaban J connectivity index is 2.53. The summed E-state index contributed by atoms with van der Waals surface area (Å²) in [6, 6.07) is 1.91. The average molecular weight is 382 g/mol. The van der Waals surface area contributed by atoms with Crippen LogP contribution in [0.3, 0.4) is 0 Å². The minimum Gasteiger partial charge on any atom is -0.493 e. The van der Waals surface area contributed by atoms with E-state index in [0.717, 1.165) is 26.2 Å². The second kappa shape index (κ2) is 7.38. The molecule has 0 aromatic heterocycles. The van der Waals surface area contributed by atoms with Crippen LogP contribution in [0.15, 0.2) is 12.1 Å². The molecule has 0 bridgehead atoms. The Morgan fingerprint density at radius 1 is 1.35 bits per heavy atom. The van der Waals surface area contributed by atoms with Crippen molar-refractivity contribution in [2.24, 2.45) is 5.92 Å². The summed E-state index contributed by atoms with van der Waals surface area (Å²) in [6.07, 6.45) is -5.38. The van der Waals surface area contributed by atoms with Crippen LogP contribution in [-0.4, -0.2) is 38.1 Å². The molecule has 0 amide bonds. The monoisotopic (exact) mass is 382 g/mol. The fraction of sp³-hybridized carbons (Fsp3) is 0.588. The van der Waals surface area contributed by atoms with Crippen molar-refractivity contribution in [2.45, 2.75) is 38.0 Å². The van der Waals surface area contributed by atoms with Crippen LogP contribution in [0.25, 0.3) is 0 Å². The van der Waals surface area contributed by atoms with Crippen LogP contribution in [-0.2, 0) is 14.3 Å². The molecule has 1 saturated heterocycles. The number of hydrogen-bond donors (Lipinski definition) is 0. The molecule has 9 heteroatoms. The minimum atomic E-state index is -4.71. The van der Waals surface area contributed by atoms with E-state index in [1.165, 1.54) is 0 Å². The second-order valence-corrected chi connectivity index (χ2v) is 6.19. The van der Waals surface area contributed by atoms with E-state index >= 15 is 0 Å². The number of alkyl halides is 3. The summed E-state index contributed by atoms with van der Waals surface area (Å²) in [7, 11) is 1.07. The van der Waals surface area contributed by atoms with Gasteiger partial charge in [0.15, 0.2) is 17.2 Å². The van der Waals surface area contributed by atoms with Gasteiger partial charge in [0.1, 0.15) is 0 Å². The molecular weight excluding hydrogens is 363 g/mol. The third-order valence-electron chi connectivity index (χ3n) is 4.55. The summed E-state index contributed by atoms with van der Waals surface area (Å²) >= 11 is 0. The highest BCUT2D eigenvalue weighted by molar-refractivity contribution is 5.74. The lowest BCUT2D eigenvalue weighted by Gasteiger charge is -2.43. The molecule has 4 nitrogen and oxygen atoms in total. The molecule has 1 heterocycles. The number of hydrogen-bond acceptors (Lipinski definition) is 4. The standard InChI is InChI=1S/C17H19F5O4/c1-4-25-15(23)11-8-26-16(2,17(20,21)22)7-10(11)9-5-6-12(18)13(19)14(9)24-3/h5-6,10-11H,4,7-8H2,1-3H3/t10-,11-,16+/m0/s1. The van der Waals surface area contributed by atoms with Crippen LogP contribution >= 0.6 is 0 Å². The smallest absolute Gasteiger partial charge is 0.417 e. The SMILES string of the molecule is CCOC(=O)[C@H]1CO[C@@](C)(C(F)(F)F)C[C@H]1c1ccc(F)c(F)c1OC. The third kappa shape index (κ3) is 3.62. The maximum Gasteiger partial charge on any atom is 0.417 e. The summed E-state index contributed by atoms with van der Waals surface area (Å²) in [5.41, 5.74) is -2.58. The molecule has 0 saturated carbocycles. The first kappa shape index (κ1) is 20.4. The second-order valence-electron chi connectivity index (χ2n) is 6.19. The summed E-state index contributed by atoms with van der Waals surface area (Å²) in [5.74, 6) is -6.07. The van der Waals surface area contributed by atoms with Crippen molar-refractivity contribution >= 4 is 5.97 Å². The zero-order valence-electron chi connectivity index (χ0n) is 14.5. The van der Waals surface area contributed by atoms with Gasteiger partial charge in [-0.05, 0) is 26.3 Å². The molecule has 0 spiro atoms. The molecule has 0 unspecified atom stereocenters. The predicted molar refractivity (Wildman–Crippen MR) is 80.8 cm³/mol. The van der Waals surface area contributed by atoms with E-state index in [0.29, 0.717) is 0 Å². The molecule has 3 atom stereocenters. The Labute approximate surface area is 147 Å². The van der Waals surface area contributed by atoms with Crippen LogP contribution in [0.5, 0.6) is 5.75 Å². The average Bonchev–Trinajstić information content (AvgIpc) is 2.56. The quantitative estimate of drug-likeness (QED) is 0.584. The van der Waals surface area contributed by atoms with Crippen molar-refractivity contribution < 1.29 is 41.0 Å². The van der Waals surface area contributed by atoms with E-state index in [1.54, 1.807) is 6.92 Å². The largest absolute Gasteiger partial charge is 0.493 e. The fourth-order valence-electron chi connectivity index (χ4n) is 3.06. The number of carbonyl (C=O) groups excluding carboxylic acids is 1. The highest BCUT2D eigenvalue weighted by atomic mass is 19.4. The molecule has 0 N–H and O–H groups in total. The van der Waals surface area contributed by atoms with Gasteiger partial charge in [0, 0.05) is 11.5 Å². The summed E-state index contributed by atoms with van der Waals surface area (Å²) in [4.78, 5) is 12.2. The van der Waals surface area contributed by atoms with Crippen molar-refractivity contribution in [3.05, 3.63) is 29.3 Å². The van der Waals surface area contributed by atoms with E-state index in [4.69, 9.17) is 14.2 Å². The molecule has 1 aliphatic heterocycles. The molecular formula is C17H19F5O4. The summed E-state index contributed by atoms with van der Waals surface area (Å²) < 4.78 is 82.5. The number of esters is 1. The Morgan fingerprint density at radius 3 is 2.54 bits per heavy atom. The molecule has 1 aromatic rings. The zero-order valence-corrected chi connectivity index (χ0v) is 14.5. The van der Waals surface area contributed by atoms with E-state index in [-0.39, 0.29) is 12.2 Å². The van der Waals surface area contributed by atoms with Crippen molar-refractivity contribution in [1.82, 2.24) is 0 Å². The Hall–Kier alpha value is -1.90. The number of benzene rings is 1. The maximum absolute atomic E-state index is 14.1. The lowest BCUT2D eigenvalue weighted by molar-refractivity contribution is -0.290. The van der Waals surface area contributed by atoms with Gasteiger partial charge >= 0.3 is 12.1 Å². The first-order chi connectivity index (χ1) is 12.1. The molecule has 1 aliphatic rings. The number of rotatable bonds is 4. The molecule has 26 heavy (non-hydrogen) atoms. The maximum atomic E-state index is 14.1. The zero-order chi connectivity index (χ0) is 19.7. The van der Waals surface area contributed by atoms with E-state index in [1.807, 2.05) is 0 Å². The van der Waals surface area contributed by atoms with Crippen LogP contribution in [0.4, 0.5) is 22.0 Å². The van der Waals surface area contributed by atoms with Crippen molar-refractivity contribution in [1.29, 1.82) is 0 Å².